The summed E-state index contributed by atoms with van der Waals surface area (Å²) in [6.45, 7) is 15.4. The molecule has 1 heterocycles. The summed E-state index contributed by atoms with van der Waals surface area (Å²) in [6, 6.07) is -0.321. The molecule has 0 saturated carbocycles. The Morgan fingerprint density at radius 1 is 1.00 bits per heavy atom. The summed E-state index contributed by atoms with van der Waals surface area (Å²) in [6.07, 6.45) is 0. The molecule has 1 aliphatic heterocycles. The van der Waals surface area contributed by atoms with Gasteiger partial charge in [0.2, 0.25) is 5.91 Å². The van der Waals surface area contributed by atoms with Crippen molar-refractivity contribution in [1.82, 2.24) is 10.6 Å². The molecule has 0 aliphatic carbocycles. The lowest BCUT2D eigenvalue weighted by atomic mass is 10.1. The van der Waals surface area contributed by atoms with E-state index >= 15 is 0 Å². The van der Waals surface area contributed by atoms with Crippen LogP contribution < -0.4 is 10.6 Å². The van der Waals surface area contributed by atoms with Crippen molar-refractivity contribution in [1.29, 1.82) is 0 Å². The van der Waals surface area contributed by atoms with Crippen LogP contribution in [0.5, 0.6) is 0 Å². The molecular weight excluding hydrogens is 248 g/mol. The molecule has 0 bridgehead atoms. The maximum Gasteiger partial charge on any atom is 0.321 e. The second kappa shape index (κ2) is 3.95. The standard InChI is InChI=1S/C11H24N2O2Si2/c1-8-9(14)12-10(15)13-11(8,16(2,3)4)17(5,6)7/h8H,1-7H3,(H2,12,13,14,15). The highest BCUT2D eigenvalue weighted by molar-refractivity contribution is 6.99. The molecule has 1 unspecified atom stereocenters. The number of imide groups is 1. The van der Waals surface area contributed by atoms with E-state index in [1.165, 1.54) is 0 Å². The van der Waals surface area contributed by atoms with E-state index in [4.69, 9.17) is 0 Å². The normalized spacial score (nSPS) is 25.2. The lowest BCUT2D eigenvalue weighted by Gasteiger charge is -2.56. The van der Waals surface area contributed by atoms with Gasteiger partial charge in [0, 0.05) is 4.79 Å². The zero-order valence-electron chi connectivity index (χ0n) is 11.9. The predicted octanol–water partition coefficient (Wildman–Crippen LogP) is 1.96. The van der Waals surface area contributed by atoms with E-state index in [0.29, 0.717) is 0 Å². The maximum atomic E-state index is 12.0. The number of amides is 3. The van der Waals surface area contributed by atoms with Crippen molar-refractivity contribution in [2.45, 2.75) is 51.0 Å². The summed E-state index contributed by atoms with van der Waals surface area (Å²) in [5.74, 6) is -0.267. The summed E-state index contributed by atoms with van der Waals surface area (Å²) in [5, 5.41) is 5.53. The van der Waals surface area contributed by atoms with Gasteiger partial charge >= 0.3 is 6.03 Å². The van der Waals surface area contributed by atoms with Gasteiger partial charge in [-0.1, -0.05) is 46.2 Å². The molecule has 3 amide bonds. The molecule has 0 spiro atoms. The first-order valence-electron chi connectivity index (χ1n) is 6.06. The third-order valence-corrected chi connectivity index (χ3v) is 14.3. The predicted molar refractivity (Wildman–Crippen MR) is 75.3 cm³/mol. The highest BCUT2D eigenvalue weighted by Gasteiger charge is 2.60. The van der Waals surface area contributed by atoms with E-state index in [1.54, 1.807) is 0 Å². The summed E-state index contributed by atoms with van der Waals surface area (Å²) >= 11 is 0. The molecule has 1 aliphatic rings. The molecule has 0 aromatic heterocycles. The van der Waals surface area contributed by atoms with E-state index < -0.39 is 16.1 Å². The van der Waals surface area contributed by atoms with Crippen molar-refractivity contribution in [2.75, 3.05) is 0 Å². The lowest BCUT2D eigenvalue weighted by Crippen LogP contribution is -2.83. The topological polar surface area (TPSA) is 58.2 Å². The molecular formula is C11H24N2O2Si2. The molecule has 6 heteroatoms. The Bertz CT molecular complexity index is 341. The van der Waals surface area contributed by atoms with Crippen LogP contribution in [0.15, 0.2) is 0 Å². The van der Waals surface area contributed by atoms with E-state index in [0.717, 1.165) is 0 Å². The number of carbonyl (C=O) groups excluding carboxylic acids is 2. The van der Waals surface area contributed by atoms with E-state index in [2.05, 4.69) is 49.9 Å². The molecule has 1 atom stereocenters. The van der Waals surface area contributed by atoms with Gasteiger partial charge < -0.3 is 5.32 Å². The molecule has 4 nitrogen and oxygen atoms in total. The molecule has 0 radical (unpaired) electrons. The first-order chi connectivity index (χ1) is 7.43. The first-order valence-corrected chi connectivity index (χ1v) is 13.1. The fourth-order valence-electron chi connectivity index (χ4n) is 3.53. The van der Waals surface area contributed by atoms with Crippen LogP contribution in [0.3, 0.4) is 0 Å². The molecule has 0 aromatic carbocycles. The van der Waals surface area contributed by atoms with Crippen LogP contribution in [0.1, 0.15) is 6.92 Å². The Balaban J connectivity index is 3.42. The zero-order chi connectivity index (χ0) is 13.6. The summed E-state index contributed by atoms with van der Waals surface area (Å²) in [4.78, 5) is 23.4. The van der Waals surface area contributed by atoms with Crippen LogP contribution in [0.25, 0.3) is 0 Å². The Labute approximate surface area is 106 Å². The third kappa shape index (κ3) is 2.08. The average Bonchev–Trinajstić information content (AvgIpc) is 2.06. The van der Waals surface area contributed by atoms with Crippen molar-refractivity contribution in [2.24, 2.45) is 5.92 Å². The highest BCUT2D eigenvalue weighted by atomic mass is 28.4. The molecule has 1 saturated heterocycles. The van der Waals surface area contributed by atoms with Gasteiger partial charge in [0.15, 0.2) is 0 Å². The Morgan fingerprint density at radius 2 is 1.41 bits per heavy atom. The van der Waals surface area contributed by atoms with Crippen molar-refractivity contribution in [3.63, 3.8) is 0 Å². The minimum absolute atomic E-state index is 0.126. The van der Waals surface area contributed by atoms with Crippen LogP contribution in [-0.4, -0.2) is 32.9 Å². The summed E-state index contributed by atoms with van der Waals surface area (Å²) in [7, 11) is -3.44. The third-order valence-electron chi connectivity index (χ3n) is 3.96. The van der Waals surface area contributed by atoms with Gasteiger partial charge in [0.05, 0.1) is 22.1 Å². The van der Waals surface area contributed by atoms with Crippen molar-refractivity contribution in [3.05, 3.63) is 0 Å². The average molecular weight is 272 g/mol. The van der Waals surface area contributed by atoms with Crippen LogP contribution in [0.4, 0.5) is 4.79 Å². The van der Waals surface area contributed by atoms with Gasteiger partial charge in [0.25, 0.3) is 0 Å². The van der Waals surface area contributed by atoms with Gasteiger partial charge in [-0.15, -0.1) is 0 Å². The fraction of sp³-hybridized carbons (Fsp3) is 0.818. The molecule has 17 heavy (non-hydrogen) atoms. The van der Waals surface area contributed by atoms with Crippen LogP contribution in [0.2, 0.25) is 39.3 Å². The molecule has 1 fully saturated rings. The summed E-state index contributed by atoms with van der Waals surface area (Å²) in [5.41, 5.74) is 0. The second-order valence-corrected chi connectivity index (χ2v) is 18.1. The minimum Gasteiger partial charge on any atom is -0.337 e. The largest absolute Gasteiger partial charge is 0.337 e. The van der Waals surface area contributed by atoms with Gasteiger partial charge in [-0.05, 0) is 0 Å². The first kappa shape index (κ1) is 14.4. The lowest BCUT2D eigenvalue weighted by molar-refractivity contribution is -0.125. The van der Waals surface area contributed by atoms with E-state index in [1.807, 2.05) is 6.92 Å². The Hall–Kier alpha value is -0.626. The van der Waals surface area contributed by atoms with Crippen LogP contribution in [0, 0.1) is 5.92 Å². The van der Waals surface area contributed by atoms with Gasteiger partial charge in [-0.2, -0.15) is 0 Å². The SMILES string of the molecule is CC1C(=O)NC(=O)NC1([Si](C)(C)C)[Si](C)(C)C. The minimum atomic E-state index is -1.72. The van der Waals surface area contributed by atoms with Crippen molar-refractivity contribution >= 4 is 28.1 Å². The number of rotatable bonds is 2. The second-order valence-electron chi connectivity index (χ2n) is 6.97. The molecule has 98 valence electrons. The fourth-order valence-corrected chi connectivity index (χ4v) is 16.4. The van der Waals surface area contributed by atoms with Crippen molar-refractivity contribution in [3.8, 4) is 0 Å². The number of nitrogens with one attached hydrogen (secondary N) is 2. The van der Waals surface area contributed by atoms with Crippen LogP contribution in [-0.2, 0) is 4.79 Å². The number of hydrogen-bond donors (Lipinski definition) is 2. The monoisotopic (exact) mass is 272 g/mol. The molecule has 1 rings (SSSR count). The van der Waals surface area contributed by atoms with Gasteiger partial charge in [-0.25, -0.2) is 4.79 Å². The smallest absolute Gasteiger partial charge is 0.321 e. The van der Waals surface area contributed by atoms with Crippen molar-refractivity contribution < 1.29 is 9.59 Å². The van der Waals surface area contributed by atoms with E-state index in [9.17, 15) is 9.59 Å². The highest BCUT2D eigenvalue weighted by Crippen LogP contribution is 2.38. The number of hydrogen-bond acceptors (Lipinski definition) is 2. The maximum absolute atomic E-state index is 12.0. The Morgan fingerprint density at radius 3 is 1.76 bits per heavy atom. The number of urea groups is 1. The quantitative estimate of drug-likeness (QED) is 0.755. The van der Waals surface area contributed by atoms with Gasteiger partial charge in [0.1, 0.15) is 0 Å². The van der Waals surface area contributed by atoms with Crippen LogP contribution >= 0.6 is 0 Å². The molecule has 0 aromatic rings. The summed E-state index contributed by atoms with van der Waals surface area (Å²) < 4.78 is 0. The Kier molecular flexibility index (Phi) is 3.35. The van der Waals surface area contributed by atoms with E-state index in [-0.39, 0.29) is 22.6 Å². The van der Waals surface area contributed by atoms with Gasteiger partial charge in [-0.3, -0.25) is 10.1 Å². The molecule has 2 N–H and O–H groups in total. The zero-order valence-corrected chi connectivity index (χ0v) is 13.9. The number of carbonyl (C=O) groups is 2.